The quantitative estimate of drug-likeness (QED) is 0.118. The van der Waals surface area contributed by atoms with Crippen LogP contribution in [-0.2, 0) is 33.4 Å². The van der Waals surface area contributed by atoms with Crippen molar-refractivity contribution in [3.8, 4) is 11.5 Å². The molecule has 0 radical (unpaired) electrons. The Bertz CT molecular complexity index is 1810. The van der Waals surface area contributed by atoms with Crippen LogP contribution in [0.25, 0.3) is 6.08 Å². The molecule has 10 nitrogen and oxygen atoms in total. The molecule has 0 aliphatic heterocycles. The summed E-state index contributed by atoms with van der Waals surface area (Å²) in [4.78, 5) is 62.6. The highest BCUT2D eigenvalue weighted by Crippen LogP contribution is 2.77. The standard InChI is InChI=1S/C45H60O10/c1-25(2)30-17-20-45(40(50)51)22-21-43(9)31(38(30)45)13-15-36-42(8)24-34(54-28(5)48)39(41(6,7)35(42)18-19-44(36,43)10)55-37(49)16-12-29-11-14-32(52-26(3)46)33(23-29)53-27(4)47/h11-12,14,16,23,30-31,34-36,38-39H,1,13,15,17-22,24H2,2-10H3,(H,50,51)/t30-,31+,34+,35-,36+,38+,39-,42-,43+,44+,45-/m0/s1. The van der Waals surface area contributed by atoms with Crippen molar-refractivity contribution in [2.45, 2.75) is 132 Å². The lowest BCUT2D eigenvalue weighted by molar-refractivity contribution is -0.268. The molecule has 5 fully saturated rings. The fraction of sp³-hybridized carbons (Fsp3) is 0.667. The van der Waals surface area contributed by atoms with E-state index >= 15 is 0 Å². The zero-order valence-corrected chi connectivity index (χ0v) is 34.1. The third kappa shape index (κ3) is 6.63. The Hall–Kier alpha value is -3.95. The molecule has 0 aromatic heterocycles. The molecule has 11 atom stereocenters. The molecule has 5 saturated carbocycles. The van der Waals surface area contributed by atoms with Gasteiger partial charge in [-0.05, 0) is 134 Å². The average Bonchev–Trinajstić information content (AvgIpc) is 3.48. The minimum absolute atomic E-state index is 0.0429. The molecule has 10 heteroatoms. The van der Waals surface area contributed by atoms with Crippen molar-refractivity contribution in [3.63, 3.8) is 0 Å². The largest absolute Gasteiger partial charge is 0.481 e. The highest BCUT2D eigenvalue weighted by Gasteiger charge is 2.73. The molecule has 1 aromatic rings. The SMILES string of the molecule is C=C(C)[C@@H]1CC[C@]2(C(=O)O)CC[C@]3(C)[C@H](CC[C@@H]4[C@@]5(C)C[C@@H](OC(C)=O)[C@H](OC(=O)C=Cc6ccc(OC(C)=O)c(OC(C)=O)c6)C(C)(C)[C@@H]5CC[C@]43C)[C@@H]12. The highest BCUT2D eigenvalue weighted by atomic mass is 16.6. The van der Waals surface area contributed by atoms with Crippen LogP contribution in [-0.4, -0.2) is 47.2 Å². The first kappa shape index (κ1) is 40.7. The predicted molar refractivity (Wildman–Crippen MR) is 206 cm³/mol. The summed E-state index contributed by atoms with van der Waals surface area (Å²) in [6, 6.07) is 4.61. The summed E-state index contributed by atoms with van der Waals surface area (Å²) in [6.45, 7) is 21.9. The van der Waals surface area contributed by atoms with Crippen molar-refractivity contribution in [3.05, 3.63) is 42.0 Å². The van der Waals surface area contributed by atoms with Gasteiger partial charge in [-0.25, -0.2) is 4.79 Å². The number of carboxylic acid groups (broad SMARTS) is 1. The normalized spacial score (nSPS) is 38.7. The molecule has 1 aromatic carbocycles. The Kier molecular flexibility index (Phi) is 10.5. The molecule has 0 spiro atoms. The molecule has 0 amide bonds. The first-order valence-electron chi connectivity index (χ1n) is 20.1. The van der Waals surface area contributed by atoms with Crippen LogP contribution in [0.2, 0.25) is 0 Å². The molecule has 0 unspecified atom stereocenters. The van der Waals surface area contributed by atoms with Gasteiger partial charge in [-0.15, -0.1) is 0 Å². The predicted octanol–water partition coefficient (Wildman–Crippen LogP) is 8.75. The van der Waals surface area contributed by atoms with Crippen molar-refractivity contribution in [1.29, 1.82) is 0 Å². The van der Waals surface area contributed by atoms with E-state index in [0.717, 1.165) is 50.5 Å². The summed E-state index contributed by atoms with van der Waals surface area (Å²) in [6.07, 6.45) is 9.07. The molecule has 55 heavy (non-hydrogen) atoms. The number of carboxylic acids is 1. The van der Waals surface area contributed by atoms with Crippen LogP contribution in [0.3, 0.4) is 0 Å². The van der Waals surface area contributed by atoms with Gasteiger partial charge in [0, 0.05) is 32.3 Å². The van der Waals surface area contributed by atoms with Crippen molar-refractivity contribution < 1.29 is 48.0 Å². The fourth-order valence-electron chi connectivity index (χ4n) is 13.6. The number of rotatable bonds is 8. The molecule has 1 N–H and O–H groups in total. The first-order valence-corrected chi connectivity index (χ1v) is 20.1. The smallest absolute Gasteiger partial charge is 0.331 e. The molecular weight excluding hydrogens is 700 g/mol. The van der Waals surface area contributed by atoms with E-state index in [9.17, 15) is 29.1 Å². The Labute approximate surface area is 325 Å². The van der Waals surface area contributed by atoms with Crippen molar-refractivity contribution in [1.82, 2.24) is 0 Å². The maximum atomic E-state index is 13.6. The highest BCUT2D eigenvalue weighted by molar-refractivity contribution is 5.87. The van der Waals surface area contributed by atoms with Crippen LogP contribution in [0.15, 0.2) is 36.4 Å². The number of hydrogen-bond acceptors (Lipinski definition) is 9. The van der Waals surface area contributed by atoms with E-state index < -0.39 is 52.9 Å². The second kappa shape index (κ2) is 14.2. The van der Waals surface area contributed by atoms with E-state index in [1.807, 2.05) is 0 Å². The van der Waals surface area contributed by atoms with Crippen LogP contribution in [0.1, 0.15) is 126 Å². The number of ether oxygens (including phenoxy) is 4. The fourth-order valence-corrected chi connectivity index (χ4v) is 13.6. The van der Waals surface area contributed by atoms with Gasteiger partial charge in [0.15, 0.2) is 11.5 Å². The van der Waals surface area contributed by atoms with Crippen LogP contribution in [0.5, 0.6) is 11.5 Å². The van der Waals surface area contributed by atoms with E-state index in [0.29, 0.717) is 24.3 Å². The summed E-state index contributed by atoms with van der Waals surface area (Å²) in [7, 11) is 0. The monoisotopic (exact) mass is 760 g/mol. The molecule has 0 saturated heterocycles. The van der Waals surface area contributed by atoms with Gasteiger partial charge in [-0.2, -0.15) is 0 Å². The van der Waals surface area contributed by atoms with E-state index in [-0.39, 0.29) is 51.4 Å². The zero-order chi connectivity index (χ0) is 40.5. The second-order valence-corrected chi connectivity index (χ2v) is 18.9. The summed E-state index contributed by atoms with van der Waals surface area (Å²) in [5.74, 6) is -1.64. The number of aliphatic carboxylic acids is 1. The van der Waals surface area contributed by atoms with Crippen LogP contribution in [0.4, 0.5) is 0 Å². The topological polar surface area (TPSA) is 143 Å². The molecule has 0 heterocycles. The second-order valence-electron chi connectivity index (χ2n) is 18.9. The molecular formula is C45H60O10. The van der Waals surface area contributed by atoms with Gasteiger partial charge in [-0.1, -0.05) is 52.8 Å². The van der Waals surface area contributed by atoms with Gasteiger partial charge in [0.25, 0.3) is 0 Å². The molecule has 300 valence electrons. The first-order chi connectivity index (χ1) is 25.6. The minimum Gasteiger partial charge on any atom is -0.481 e. The number of allylic oxidation sites excluding steroid dienone is 1. The van der Waals surface area contributed by atoms with Gasteiger partial charge >= 0.3 is 29.8 Å². The maximum absolute atomic E-state index is 13.6. The van der Waals surface area contributed by atoms with Gasteiger partial charge in [0.1, 0.15) is 12.2 Å². The number of hydrogen-bond donors (Lipinski definition) is 1. The Morgan fingerprint density at radius 2 is 1.44 bits per heavy atom. The Balaban J connectivity index is 1.28. The number of benzene rings is 1. The minimum atomic E-state index is -0.702. The lowest BCUT2D eigenvalue weighted by atomic mass is 9.32. The maximum Gasteiger partial charge on any atom is 0.331 e. The third-order valence-electron chi connectivity index (χ3n) is 15.8. The van der Waals surface area contributed by atoms with E-state index in [1.54, 1.807) is 6.07 Å². The van der Waals surface area contributed by atoms with Gasteiger partial charge in [0.2, 0.25) is 0 Å². The summed E-state index contributed by atoms with van der Waals surface area (Å²) < 4.78 is 22.8. The van der Waals surface area contributed by atoms with Gasteiger partial charge in [-0.3, -0.25) is 19.2 Å². The number of esters is 4. The van der Waals surface area contributed by atoms with Crippen LogP contribution < -0.4 is 9.47 Å². The van der Waals surface area contributed by atoms with Crippen LogP contribution in [0, 0.1) is 56.7 Å². The number of fused-ring (bicyclic) bond motifs is 7. The zero-order valence-electron chi connectivity index (χ0n) is 34.1. The van der Waals surface area contributed by atoms with Gasteiger partial charge in [0.05, 0.1) is 5.41 Å². The molecule has 5 aliphatic rings. The lowest BCUT2D eigenvalue weighted by Crippen LogP contribution is -2.69. The molecule has 6 rings (SSSR count). The average molecular weight is 761 g/mol. The lowest BCUT2D eigenvalue weighted by Gasteiger charge is -2.73. The van der Waals surface area contributed by atoms with Crippen molar-refractivity contribution in [2.75, 3.05) is 0 Å². The summed E-state index contributed by atoms with van der Waals surface area (Å²) in [5, 5.41) is 10.7. The summed E-state index contributed by atoms with van der Waals surface area (Å²) in [5.41, 5.74) is 0.0327. The molecule has 0 bridgehead atoms. The Morgan fingerprint density at radius 1 is 0.764 bits per heavy atom. The van der Waals surface area contributed by atoms with Crippen LogP contribution >= 0.6 is 0 Å². The van der Waals surface area contributed by atoms with E-state index in [4.69, 9.17) is 18.9 Å². The number of carbonyl (C=O) groups excluding carboxylic acids is 4. The number of carbonyl (C=O) groups is 5. The third-order valence-corrected chi connectivity index (χ3v) is 15.8. The summed E-state index contributed by atoms with van der Waals surface area (Å²) >= 11 is 0. The van der Waals surface area contributed by atoms with E-state index in [1.165, 1.54) is 45.1 Å². The molecule has 5 aliphatic carbocycles. The van der Waals surface area contributed by atoms with Crippen molar-refractivity contribution >= 4 is 35.9 Å². The van der Waals surface area contributed by atoms with Crippen molar-refractivity contribution in [2.24, 2.45) is 56.7 Å². The van der Waals surface area contributed by atoms with Gasteiger partial charge < -0.3 is 24.1 Å². The Morgan fingerprint density at radius 3 is 2.05 bits per heavy atom. The van der Waals surface area contributed by atoms with E-state index in [2.05, 4.69) is 48.1 Å².